The van der Waals surface area contributed by atoms with E-state index in [1.807, 2.05) is 22.2 Å². The number of hydrogen-bond acceptors (Lipinski definition) is 3. The van der Waals surface area contributed by atoms with E-state index in [1.54, 1.807) is 0 Å². The molecule has 1 N–H and O–H groups in total. The van der Waals surface area contributed by atoms with E-state index in [9.17, 15) is 0 Å². The molecule has 0 aliphatic heterocycles. The SMILES string of the molecule is CCCNCc1cc(Cn2cc(I)cn2)c(C)s1. The van der Waals surface area contributed by atoms with Gasteiger partial charge in [-0.25, -0.2) is 0 Å². The monoisotopic (exact) mass is 375 g/mol. The third-order valence-corrected chi connectivity index (χ3v) is 4.38. The predicted octanol–water partition coefficient (Wildman–Crippen LogP) is 3.41. The van der Waals surface area contributed by atoms with Crippen molar-refractivity contribution in [3.05, 3.63) is 37.3 Å². The predicted molar refractivity (Wildman–Crippen MR) is 85.1 cm³/mol. The van der Waals surface area contributed by atoms with E-state index >= 15 is 0 Å². The highest BCUT2D eigenvalue weighted by Gasteiger charge is 2.06. The quantitative estimate of drug-likeness (QED) is 0.620. The molecule has 0 radical (unpaired) electrons. The van der Waals surface area contributed by atoms with Crippen molar-refractivity contribution in [2.45, 2.75) is 33.4 Å². The van der Waals surface area contributed by atoms with Crippen LogP contribution in [0.5, 0.6) is 0 Å². The molecule has 0 saturated heterocycles. The lowest BCUT2D eigenvalue weighted by Gasteiger charge is -2.00. The largest absolute Gasteiger partial charge is 0.312 e. The smallest absolute Gasteiger partial charge is 0.0670 e. The number of aromatic nitrogens is 2. The fourth-order valence-corrected chi connectivity index (χ4v) is 3.29. The van der Waals surface area contributed by atoms with Gasteiger partial charge in [-0.2, -0.15) is 5.10 Å². The summed E-state index contributed by atoms with van der Waals surface area (Å²) in [5.41, 5.74) is 1.38. The lowest BCUT2D eigenvalue weighted by molar-refractivity contribution is 0.675. The Labute approximate surface area is 126 Å². The molecule has 3 nitrogen and oxygen atoms in total. The lowest BCUT2D eigenvalue weighted by Crippen LogP contribution is -2.12. The van der Waals surface area contributed by atoms with Gasteiger partial charge in [0.2, 0.25) is 0 Å². The van der Waals surface area contributed by atoms with E-state index in [-0.39, 0.29) is 0 Å². The molecule has 98 valence electrons. The minimum Gasteiger partial charge on any atom is -0.312 e. The minimum atomic E-state index is 0.874. The lowest BCUT2D eigenvalue weighted by atomic mass is 10.2. The molecular weight excluding hydrogens is 357 g/mol. The normalized spacial score (nSPS) is 11.1. The van der Waals surface area contributed by atoms with Gasteiger partial charge in [0.25, 0.3) is 0 Å². The molecule has 0 unspecified atom stereocenters. The average Bonchev–Trinajstić information content (AvgIpc) is 2.88. The van der Waals surface area contributed by atoms with Gasteiger partial charge < -0.3 is 5.32 Å². The summed E-state index contributed by atoms with van der Waals surface area (Å²) in [7, 11) is 0. The number of nitrogens with one attached hydrogen (secondary N) is 1. The molecule has 2 aromatic heterocycles. The Balaban J connectivity index is 2.00. The third kappa shape index (κ3) is 3.80. The molecule has 2 aromatic rings. The van der Waals surface area contributed by atoms with E-state index in [0.717, 1.165) is 19.6 Å². The standard InChI is InChI=1S/C13H18IN3S/c1-3-4-15-7-13-5-11(10(2)18-13)8-17-9-12(14)6-16-17/h5-6,9,15H,3-4,7-8H2,1-2H3. The molecule has 0 atom stereocenters. The minimum absolute atomic E-state index is 0.874. The van der Waals surface area contributed by atoms with Crippen LogP contribution in [0.1, 0.15) is 28.7 Å². The van der Waals surface area contributed by atoms with Crippen LogP contribution in [0.4, 0.5) is 0 Å². The van der Waals surface area contributed by atoms with Crippen LogP contribution in [0.25, 0.3) is 0 Å². The molecule has 2 heterocycles. The van der Waals surface area contributed by atoms with Crippen molar-refractivity contribution < 1.29 is 0 Å². The number of thiophene rings is 1. The van der Waals surface area contributed by atoms with Gasteiger partial charge in [-0.15, -0.1) is 11.3 Å². The summed E-state index contributed by atoms with van der Waals surface area (Å²) in [5.74, 6) is 0. The second kappa shape index (κ2) is 6.68. The number of hydrogen-bond donors (Lipinski definition) is 1. The Morgan fingerprint density at radius 1 is 1.50 bits per heavy atom. The molecule has 0 aromatic carbocycles. The van der Waals surface area contributed by atoms with Crippen LogP contribution in [0.3, 0.4) is 0 Å². The average molecular weight is 375 g/mol. The fraction of sp³-hybridized carbons (Fsp3) is 0.462. The third-order valence-electron chi connectivity index (χ3n) is 2.73. The van der Waals surface area contributed by atoms with Crippen LogP contribution in [0.15, 0.2) is 18.5 Å². The van der Waals surface area contributed by atoms with E-state index < -0.39 is 0 Å². The Bertz CT molecular complexity index is 504. The number of halogens is 1. The molecule has 0 saturated carbocycles. The molecule has 0 spiro atoms. The maximum Gasteiger partial charge on any atom is 0.0670 e. The van der Waals surface area contributed by atoms with Gasteiger partial charge in [0.05, 0.1) is 16.3 Å². The van der Waals surface area contributed by atoms with Gasteiger partial charge in [0.1, 0.15) is 0 Å². The van der Waals surface area contributed by atoms with Crippen LogP contribution in [0, 0.1) is 10.5 Å². The van der Waals surface area contributed by atoms with Gasteiger partial charge in [0, 0.05) is 22.5 Å². The van der Waals surface area contributed by atoms with Crippen LogP contribution in [-0.4, -0.2) is 16.3 Å². The van der Waals surface area contributed by atoms with Crippen LogP contribution >= 0.6 is 33.9 Å². The van der Waals surface area contributed by atoms with Gasteiger partial charge in [0.15, 0.2) is 0 Å². The summed E-state index contributed by atoms with van der Waals surface area (Å²) in [6, 6.07) is 2.30. The highest BCUT2D eigenvalue weighted by atomic mass is 127. The molecule has 0 fully saturated rings. The van der Waals surface area contributed by atoms with E-state index in [1.165, 1.54) is 25.3 Å². The van der Waals surface area contributed by atoms with E-state index in [4.69, 9.17) is 0 Å². The van der Waals surface area contributed by atoms with Crippen molar-refractivity contribution in [2.75, 3.05) is 6.54 Å². The van der Waals surface area contributed by atoms with Crippen LogP contribution in [0.2, 0.25) is 0 Å². The Morgan fingerprint density at radius 2 is 2.33 bits per heavy atom. The first-order valence-corrected chi connectivity index (χ1v) is 8.05. The molecule has 0 amide bonds. The highest BCUT2D eigenvalue weighted by molar-refractivity contribution is 14.1. The number of aryl methyl sites for hydroxylation is 1. The van der Waals surface area contributed by atoms with Crippen molar-refractivity contribution in [3.63, 3.8) is 0 Å². The molecule has 2 rings (SSSR count). The number of nitrogens with zero attached hydrogens (tertiary/aromatic N) is 2. The second-order valence-corrected chi connectivity index (χ2v) is 6.91. The summed E-state index contributed by atoms with van der Waals surface area (Å²) in [6.07, 6.45) is 5.15. The van der Waals surface area contributed by atoms with Crippen molar-refractivity contribution in [1.29, 1.82) is 0 Å². The fourth-order valence-electron chi connectivity index (χ4n) is 1.82. The van der Waals surface area contributed by atoms with E-state index in [0.29, 0.717) is 0 Å². The summed E-state index contributed by atoms with van der Waals surface area (Å²) in [4.78, 5) is 2.81. The van der Waals surface area contributed by atoms with Crippen molar-refractivity contribution in [1.82, 2.24) is 15.1 Å². The maximum absolute atomic E-state index is 4.34. The first-order valence-electron chi connectivity index (χ1n) is 6.16. The molecule has 5 heteroatoms. The molecule has 0 aliphatic carbocycles. The summed E-state index contributed by atoms with van der Waals surface area (Å²) < 4.78 is 3.19. The second-order valence-electron chi connectivity index (χ2n) is 4.33. The Morgan fingerprint density at radius 3 is 3.00 bits per heavy atom. The Kier molecular flexibility index (Phi) is 5.20. The van der Waals surface area contributed by atoms with Gasteiger partial charge in [-0.1, -0.05) is 6.92 Å². The van der Waals surface area contributed by atoms with Gasteiger partial charge >= 0.3 is 0 Å². The molecule has 18 heavy (non-hydrogen) atoms. The van der Waals surface area contributed by atoms with Crippen LogP contribution < -0.4 is 5.32 Å². The van der Waals surface area contributed by atoms with Gasteiger partial charge in [-0.3, -0.25) is 4.68 Å². The summed E-state index contributed by atoms with van der Waals surface area (Å²) in [5, 5.41) is 7.78. The molecular formula is C13H18IN3S. The van der Waals surface area contributed by atoms with Crippen molar-refractivity contribution in [3.8, 4) is 0 Å². The topological polar surface area (TPSA) is 29.9 Å². The highest BCUT2D eigenvalue weighted by Crippen LogP contribution is 2.22. The summed E-state index contributed by atoms with van der Waals surface area (Å²) >= 11 is 4.17. The molecule has 0 aliphatic rings. The van der Waals surface area contributed by atoms with Crippen molar-refractivity contribution >= 4 is 33.9 Å². The first kappa shape index (κ1) is 14.0. The molecule has 0 bridgehead atoms. The maximum atomic E-state index is 4.34. The van der Waals surface area contributed by atoms with Crippen molar-refractivity contribution in [2.24, 2.45) is 0 Å². The van der Waals surface area contributed by atoms with Crippen LogP contribution in [-0.2, 0) is 13.1 Å². The zero-order valence-electron chi connectivity index (χ0n) is 10.7. The summed E-state index contributed by atoms with van der Waals surface area (Å²) in [6.45, 7) is 7.33. The number of rotatable bonds is 6. The zero-order valence-corrected chi connectivity index (χ0v) is 13.7. The Hall–Kier alpha value is -0.400. The zero-order chi connectivity index (χ0) is 13.0. The van der Waals surface area contributed by atoms with Gasteiger partial charge in [-0.05, 0) is 54.1 Å². The first-order chi connectivity index (χ1) is 8.69. The van der Waals surface area contributed by atoms with E-state index in [2.05, 4.69) is 59.1 Å².